The summed E-state index contributed by atoms with van der Waals surface area (Å²) in [6, 6.07) is 10.6. The minimum Gasteiger partial charge on any atom is -0.479 e. The number of carboxylic acids is 1. The van der Waals surface area contributed by atoms with E-state index in [-0.39, 0.29) is 0 Å². The van der Waals surface area contributed by atoms with Gasteiger partial charge in [-0.05, 0) is 11.0 Å². The van der Waals surface area contributed by atoms with E-state index in [1.54, 1.807) is 0 Å². The Morgan fingerprint density at radius 3 is 1.87 bits per heavy atom. The maximum Gasteiger partial charge on any atom is 0.335 e. The highest BCUT2D eigenvalue weighted by Gasteiger charge is 2.11. The molecule has 84 valence electrons. The molecule has 0 aromatic heterocycles. The third-order valence-corrected chi connectivity index (χ3v) is 1.75. The van der Waals surface area contributed by atoms with Crippen LogP contribution in [0.2, 0.25) is 0 Å². The Hall–Kier alpha value is -1.38. The zero-order valence-corrected chi connectivity index (χ0v) is 9.33. The molecule has 1 N–H and O–H groups in total. The van der Waals surface area contributed by atoms with Crippen LogP contribution in [0.15, 0.2) is 30.3 Å². The molecule has 0 heterocycles. The van der Waals surface area contributed by atoms with Crippen molar-refractivity contribution < 1.29 is 14.3 Å². The highest BCUT2D eigenvalue weighted by molar-refractivity contribution is 5.67. The van der Waals surface area contributed by atoms with Crippen LogP contribution in [0, 0.1) is 0 Å². The summed E-state index contributed by atoms with van der Waals surface area (Å²) in [6.45, 7) is 5.40. The van der Waals surface area contributed by atoms with Crippen molar-refractivity contribution in [3.63, 3.8) is 0 Å². The lowest BCUT2D eigenvalue weighted by atomic mass is 9.87. The van der Waals surface area contributed by atoms with Crippen LogP contribution in [0.1, 0.15) is 26.3 Å². The summed E-state index contributed by atoms with van der Waals surface area (Å²) in [5.41, 5.74) is 1.69. The number of alkyl halides is 1. The molecule has 3 heteroatoms. The molecule has 0 aliphatic heterocycles. The van der Waals surface area contributed by atoms with Gasteiger partial charge in [0.25, 0.3) is 0 Å². The number of halogens is 1. The van der Waals surface area contributed by atoms with Gasteiger partial charge in [-0.1, -0.05) is 51.1 Å². The number of aliphatic carboxylic acids is 1. The molecule has 0 saturated heterocycles. The molecule has 0 aliphatic carbocycles. The van der Waals surface area contributed by atoms with Crippen molar-refractivity contribution in [1.29, 1.82) is 0 Å². The maximum absolute atomic E-state index is 10.5. The number of carboxylic acid groups (broad SMARTS) is 1. The van der Waals surface area contributed by atoms with Gasteiger partial charge in [-0.15, -0.1) is 0 Å². The SMILES string of the molecule is CC(C)(C)c1ccccc1.O=C(O)CF. The summed E-state index contributed by atoms with van der Waals surface area (Å²) in [6.07, 6.45) is 0. The molecular weight excluding hydrogens is 195 g/mol. The number of rotatable bonds is 1. The van der Waals surface area contributed by atoms with Crippen molar-refractivity contribution in [3.8, 4) is 0 Å². The fourth-order valence-corrected chi connectivity index (χ4v) is 0.938. The predicted molar refractivity (Wildman–Crippen MR) is 58.8 cm³/mol. The summed E-state index contributed by atoms with van der Waals surface area (Å²) in [7, 11) is 0. The summed E-state index contributed by atoms with van der Waals surface area (Å²) in [5.74, 6) is -1.41. The van der Waals surface area contributed by atoms with Crippen molar-refractivity contribution >= 4 is 5.97 Å². The van der Waals surface area contributed by atoms with Gasteiger partial charge in [0.2, 0.25) is 0 Å². The molecule has 0 radical (unpaired) electrons. The monoisotopic (exact) mass is 212 g/mol. The summed E-state index contributed by atoms with van der Waals surface area (Å²) >= 11 is 0. The zero-order chi connectivity index (χ0) is 11.9. The number of hydrogen-bond acceptors (Lipinski definition) is 1. The Kier molecular flexibility index (Phi) is 5.60. The van der Waals surface area contributed by atoms with Crippen LogP contribution in [-0.4, -0.2) is 17.8 Å². The number of hydrogen-bond donors (Lipinski definition) is 1. The molecule has 0 amide bonds. The lowest BCUT2D eigenvalue weighted by Gasteiger charge is -2.18. The number of benzene rings is 1. The minimum absolute atomic E-state index is 0.293. The lowest BCUT2D eigenvalue weighted by molar-refractivity contribution is -0.137. The molecule has 1 aromatic carbocycles. The van der Waals surface area contributed by atoms with Gasteiger partial charge in [0.05, 0.1) is 0 Å². The molecule has 0 atom stereocenters. The van der Waals surface area contributed by atoms with Crippen LogP contribution in [0.5, 0.6) is 0 Å². The van der Waals surface area contributed by atoms with Crippen LogP contribution in [0.4, 0.5) is 4.39 Å². The van der Waals surface area contributed by atoms with E-state index in [2.05, 4.69) is 51.1 Å². The third-order valence-electron chi connectivity index (χ3n) is 1.75. The van der Waals surface area contributed by atoms with Gasteiger partial charge < -0.3 is 5.11 Å². The molecule has 1 rings (SSSR count). The van der Waals surface area contributed by atoms with Crippen LogP contribution in [0.3, 0.4) is 0 Å². The van der Waals surface area contributed by atoms with Gasteiger partial charge in [0.15, 0.2) is 6.67 Å². The van der Waals surface area contributed by atoms with Crippen molar-refractivity contribution in [1.82, 2.24) is 0 Å². The second-order valence-electron chi connectivity index (χ2n) is 4.14. The Bertz CT molecular complexity index is 288. The van der Waals surface area contributed by atoms with Gasteiger partial charge in [-0.2, -0.15) is 0 Å². The predicted octanol–water partition coefficient (Wildman–Crippen LogP) is 3.02. The Labute approximate surface area is 89.7 Å². The molecule has 0 bridgehead atoms. The first-order valence-corrected chi connectivity index (χ1v) is 4.71. The van der Waals surface area contributed by atoms with E-state index in [9.17, 15) is 4.39 Å². The highest BCUT2D eigenvalue weighted by Crippen LogP contribution is 2.20. The first kappa shape index (κ1) is 13.6. The van der Waals surface area contributed by atoms with E-state index in [4.69, 9.17) is 9.90 Å². The van der Waals surface area contributed by atoms with Crippen molar-refractivity contribution in [2.45, 2.75) is 26.2 Å². The van der Waals surface area contributed by atoms with Crippen LogP contribution < -0.4 is 0 Å². The lowest BCUT2D eigenvalue weighted by Crippen LogP contribution is -2.10. The molecule has 0 aliphatic rings. The average molecular weight is 212 g/mol. The molecule has 0 saturated carbocycles. The number of carbonyl (C=O) groups is 1. The molecule has 0 spiro atoms. The average Bonchev–Trinajstić information content (AvgIpc) is 2.19. The Morgan fingerprint density at radius 1 is 1.27 bits per heavy atom. The molecule has 15 heavy (non-hydrogen) atoms. The zero-order valence-electron chi connectivity index (χ0n) is 9.33. The smallest absolute Gasteiger partial charge is 0.335 e. The Balaban J connectivity index is 0.000000336. The van der Waals surface area contributed by atoms with Gasteiger partial charge in [0, 0.05) is 0 Å². The second-order valence-corrected chi connectivity index (χ2v) is 4.14. The summed E-state index contributed by atoms with van der Waals surface area (Å²) in [5, 5.41) is 7.35. The molecule has 0 unspecified atom stereocenters. The van der Waals surface area contributed by atoms with Gasteiger partial charge in [-0.3, -0.25) is 0 Å². The van der Waals surface area contributed by atoms with Crippen LogP contribution in [0.25, 0.3) is 0 Å². The molecule has 0 fully saturated rings. The normalized spacial score (nSPS) is 10.1. The summed E-state index contributed by atoms with van der Waals surface area (Å²) < 4.78 is 10.5. The second kappa shape index (κ2) is 6.17. The highest BCUT2D eigenvalue weighted by atomic mass is 19.1. The fraction of sp³-hybridized carbons (Fsp3) is 0.417. The molecule has 2 nitrogen and oxygen atoms in total. The van der Waals surface area contributed by atoms with Crippen LogP contribution in [-0.2, 0) is 10.2 Å². The van der Waals surface area contributed by atoms with Gasteiger partial charge >= 0.3 is 5.97 Å². The Morgan fingerprint density at radius 2 is 1.67 bits per heavy atom. The van der Waals surface area contributed by atoms with E-state index in [0.29, 0.717) is 5.41 Å². The van der Waals surface area contributed by atoms with E-state index in [1.165, 1.54) is 5.56 Å². The largest absolute Gasteiger partial charge is 0.479 e. The van der Waals surface area contributed by atoms with Gasteiger partial charge in [-0.25, -0.2) is 9.18 Å². The first-order valence-electron chi connectivity index (χ1n) is 4.71. The molecular formula is C12H17FO2. The standard InChI is InChI=1S/C10H14.C2H3FO2/c1-10(2,3)9-7-5-4-6-8-9;3-1-2(4)5/h4-8H,1-3H3;1H2,(H,4,5). The van der Waals surface area contributed by atoms with E-state index in [0.717, 1.165) is 0 Å². The topological polar surface area (TPSA) is 37.3 Å². The quantitative estimate of drug-likeness (QED) is 0.776. The van der Waals surface area contributed by atoms with Crippen molar-refractivity contribution in [2.24, 2.45) is 0 Å². The molecule has 1 aromatic rings. The third kappa shape index (κ3) is 6.66. The van der Waals surface area contributed by atoms with E-state index in [1.807, 2.05) is 0 Å². The van der Waals surface area contributed by atoms with E-state index < -0.39 is 12.6 Å². The van der Waals surface area contributed by atoms with Gasteiger partial charge in [0.1, 0.15) is 0 Å². The fourth-order valence-electron chi connectivity index (χ4n) is 0.938. The van der Waals surface area contributed by atoms with Crippen LogP contribution >= 0.6 is 0 Å². The maximum atomic E-state index is 10.5. The first-order chi connectivity index (χ1) is 6.88. The van der Waals surface area contributed by atoms with Crippen molar-refractivity contribution in [3.05, 3.63) is 35.9 Å². The summed E-state index contributed by atoms with van der Waals surface area (Å²) in [4.78, 5) is 8.99. The van der Waals surface area contributed by atoms with E-state index >= 15 is 0 Å². The van der Waals surface area contributed by atoms with Crippen molar-refractivity contribution in [2.75, 3.05) is 6.67 Å². The minimum atomic E-state index is -1.41.